The molecule has 0 heterocycles. The van der Waals surface area contributed by atoms with E-state index < -0.39 is 49.1 Å². The Hall–Kier alpha value is -4.11. The molecule has 0 aliphatic rings. The number of sulfonamides is 1. The Bertz CT molecular complexity index is 1910. The van der Waals surface area contributed by atoms with Gasteiger partial charge in [0.1, 0.15) is 17.5 Å². The number of allylic oxidation sites excluding steroid dienone is 4. The molecule has 9 nitrogen and oxygen atoms in total. The van der Waals surface area contributed by atoms with E-state index in [4.69, 9.17) is 5.41 Å². The van der Waals surface area contributed by atoms with E-state index in [-0.39, 0.29) is 46.4 Å². The molecule has 3 aromatic carbocycles. The van der Waals surface area contributed by atoms with E-state index in [0.29, 0.717) is 36.2 Å². The summed E-state index contributed by atoms with van der Waals surface area (Å²) >= 11 is 0. The molecule has 0 aliphatic carbocycles. The standard InChI is InChI=1S/C36H43F3N4O5S2/c1-5-34(39)32(15-6-24(2)23-41-16-17-42-50(47,48)31-13-11-30(12-14-31)49(4,45)46)35(22-40)43-36(44)21-33(26-7-9-28(37)10-8-26)27-18-25(3)19-29(38)20-27/h5,7-14,18-20,22,24,33,40-42H,6,15-17,21,23H2,1-4H3,(H,43,44)/b34-5+,35-32+,40-22?/t24-,33-/m0/s1. The van der Waals surface area contributed by atoms with Crippen molar-refractivity contribution >= 4 is 32.0 Å². The summed E-state index contributed by atoms with van der Waals surface area (Å²) in [5, 5.41) is 13.8. The SMILES string of the molecule is C/C=C(F)\C(CC[C@H](C)CNCCNS(=O)(=O)c1ccc(S(C)(=O)=O)cc1)=C(/C=N)NC(=O)C[C@@H](c1ccc(F)cc1)c1cc(C)cc(F)c1. The summed E-state index contributed by atoms with van der Waals surface area (Å²) in [6.07, 6.45) is 3.63. The minimum Gasteiger partial charge on any atom is -0.324 e. The van der Waals surface area contributed by atoms with E-state index >= 15 is 4.39 Å². The molecule has 50 heavy (non-hydrogen) atoms. The lowest BCUT2D eigenvalue weighted by Gasteiger charge is -2.20. The predicted octanol–water partition coefficient (Wildman–Crippen LogP) is 6.08. The van der Waals surface area contributed by atoms with Crippen LogP contribution in [0.4, 0.5) is 13.2 Å². The third kappa shape index (κ3) is 12.0. The van der Waals surface area contributed by atoms with Gasteiger partial charge < -0.3 is 16.0 Å². The van der Waals surface area contributed by atoms with Crippen LogP contribution in [0.1, 0.15) is 55.7 Å². The van der Waals surface area contributed by atoms with Crippen molar-refractivity contribution in [2.45, 2.75) is 55.7 Å². The van der Waals surface area contributed by atoms with Gasteiger partial charge in [0.05, 0.1) is 15.5 Å². The van der Waals surface area contributed by atoms with E-state index in [9.17, 15) is 30.4 Å². The molecular weight excluding hydrogens is 690 g/mol. The Labute approximate surface area is 292 Å². The molecule has 0 aliphatic heterocycles. The maximum atomic E-state index is 15.1. The number of carbonyl (C=O) groups is 1. The van der Waals surface area contributed by atoms with E-state index in [0.717, 1.165) is 12.5 Å². The molecule has 270 valence electrons. The lowest BCUT2D eigenvalue weighted by atomic mass is 9.87. The molecule has 3 aromatic rings. The minimum atomic E-state index is -3.85. The second-order valence-corrected chi connectivity index (χ2v) is 15.9. The van der Waals surface area contributed by atoms with E-state index in [1.54, 1.807) is 13.0 Å². The van der Waals surface area contributed by atoms with Crippen LogP contribution < -0.4 is 15.4 Å². The van der Waals surface area contributed by atoms with Crippen molar-refractivity contribution in [1.29, 1.82) is 5.41 Å². The first-order valence-electron chi connectivity index (χ1n) is 15.9. The first-order chi connectivity index (χ1) is 23.5. The Morgan fingerprint density at radius 3 is 2.12 bits per heavy atom. The highest BCUT2D eigenvalue weighted by Crippen LogP contribution is 2.30. The highest BCUT2D eigenvalue weighted by Gasteiger charge is 2.22. The molecule has 0 bridgehead atoms. The Morgan fingerprint density at radius 2 is 1.54 bits per heavy atom. The Kier molecular flexibility index (Phi) is 14.7. The molecule has 0 aromatic heterocycles. The summed E-state index contributed by atoms with van der Waals surface area (Å²) in [5.74, 6) is -2.71. The van der Waals surface area contributed by atoms with Gasteiger partial charge >= 0.3 is 0 Å². The maximum Gasteiger partial charge on any atom is 0.240 e. The largest absolute Gasteiger partial charge is 0.324 e. The topological polar surface area (TPSA) is 145 Å². The summed E-state index contributed by atoms with van der Waals surface area (Å²) in [5.41, 5.74) is 1.87. The van der Waals surface area contributed by atoms with Crippen LogP contribution in [-0.4, -0.2) is 54.8 Å². The van der Waals surface area contributed by atoms with Crippen LogP contribution in [0.2, 0.25) is 0 Å². The Morgan fingerprint density at radius 1 is 0.900 bits per heavy atom. The molecule has 0 saturated heterocycles. The van der Waals surface area contributed by atoms with Crippen LogP contribution in [0, 0.1) is 29.9 Å². The third-order valence-electron chi connectivity index (χ3n) is 7.95. The van der Waals surface area contributed by atoms with Crippen LogP contribution in [0.3, 0.4) is 0 Å². The van der Waals surface area contributed by atoms with Gasteiger partial charge in [-0.25, -0.2) is 34.7 Å². The highest BCUT2D eigenvalue weighted by molar-refractivity contribution is 7.90. The van der Waals surface area contributed by atoms with Crippen LogP contribution >= 0.6 is 0 Å². The van der Waals surface area contributed by atoms with Gasteiger partial charge in [0.2, 0.25) is 15.9 Å². The monoisotopic (exact) mass is 732 g/mol. The van der Waals surface area contributed by atoms with Crippen molar-refractivity contribution in [3.05, 3.63) is 118 Å². The van der Waals surface area contributed by atoms with E-state index in [1.165, 1.54) is 73.7 Å². The van der Waals surface area contributed by atoms with Gasteiger partial charge in [0.25, 0.3) is 0 Å². The zero-order chi connectivity index (χ0) is 37.1. The third-order valence-corrected chi connectivity index (χ3v) is 10.6. The molecule has 14 heteroatoms. The average Bonchev–Trinajstić information content (AvgIpc) is 3.06. The van der Waals surface area contributed by atoms with Gasteiger partial charge in [-0.2, -0.15) is 0 Å². The Balaban J connectivity index is 1.61. The number of hydrogen-bond donors (Lipinski definition) is 4. The molecule has 0 unspecified atom stereocenters. The van der Waals surface area contributed by atoms with Crippen LogP contribution in [-0.2, 0) is 24.7 Å². The van der Waals surface area contributed by atoms with Crippen molar-refractivity contribution in [3.8, 4) is 0 Å². The average molecular weight is 733 g/mol. The number of sulfone groups is 1. The van der Waals surface area contributed by atoms with Crippen molar-refractivity contribution in [3.63, 3.8) is 0 Å². The predicted molar refractivity (Wildman–Crippen MR) is 189 cm³/mol. The van der Waals surface area contributed by atoms with Crippen molar-refractivity contribution < 1.29 is 34.8 Å². The second-order valence-electron chi connectivity index (χ2n) is 12.1. The molecule has 1 amide bonds. The van der Waals surface area contributed by atoms with Gasteiger partial charge in [-0.15, -0.1) is 0 Å². The molecule has 0 fully saturated rings. The van der Waals surface area contributed by atoms with Crippen LogP contribution in [0.25, 0.3) is 0 Å². The molecule has 0 radical (unpaired) electrons. The molecule has 0 spiro atoms. The molecule has 0 saturated carbocycles. The van der Waals surface area contributed by atoms with Gasteiger partial charge in [-0.1, -0.05) is 31.2 Å². The molecule has 2 atom stereocenters. The normalized spacial score (nSPS) is 14.1. The summed E-state index contributed by atoms with van der Waals surface area (Å²) < 4.78 is 93.9. The summed E-state index contributed by atoms with van der Waals surface area (Å²) in [7, 11) is -7.31. The number of rotatable bonds is 18. The first kappa shape index (κ1) is 40.3. The summed E-state index contributed by atoms with van der Waals surface area (Å²) in [6, 6.07) is 14.9. The van der Waals surface area contributed by atoms with Gasteiger partial charge in [0.15, 0.2) is 9.84 Å². The number of halogens is 3. The zero-order valence-corrected chi connectivity index (χ0v) is 30.0. The lowest BCUT2D eigenvalue weighted by molar-refractivity contribution is -0.120. The van der Waals surface area contributed by atoms with Crippen molar-refractivity contribution in [2.75, 3.05) is 25.9 Å². The zero-order valence-electron chi connectivity index (χ0n) is 28.4. The van der Waals surface area contributed by atoms with Crippen molar-refractivity contribution in [1.82, 2.24) is 15.4 Å². The smallest absolute Gasteiger partial charge is 0.240 e. The maximum absolute atomic E-state index is 15.1. The molecule has 4 N–H and O–H groups in total. The van der Waals surface area contributed by atoms with Gasteiger partial charge in [-0.05, 0) is 104 Å². The number of carbonyl (C=O) groups excluding carboxylic acids is 1. The number of nitrogens with one attached hydrogen (secondary N) is 4. The molecule has 3 rings (SSSR count). The molecular formula is C36H43F3N4O5S2. The van der Waals surface area contributed by atoms with Gasteiger partial charge in [-0.3, -0.25) is 4.79 Å². The summed E-state index contributed by atoms with van der Waals surface area (Å²) in [4.78, 5) is 13.3. The van der Waals surface area contributed by atoms with E-state index in [2.05, 4.69) is 15.4 Å². The van der Waals surface area contributed by atoms with Crippen LogP contribution in [0.5, 0.6) is 0 Å². The fourth-order valence-corrected chi connectivity index (χ4v) is 6.96. The number of amides is 1. The van der Waals surface area contributed by atoms with Crippen molar-refractivity contribution in [2.24, 2.45) is 5.92 Å². The summed E-state index contributed by atoms with van der Waals surface area (Å²) in [6.45, 7) is 5.97. The second kappa shape index (κ2) is 18.2. The van der Waals surface area contributed by atoms with E-state index in [1.807, 2.05) is 6.92 Å². The minimum absolute atomic E-state index is 0.00319. The number of aryl methyl sites for hydroxylation is 1. The fraction of sp³-hybridized carbons (Fsp3) is 0.333. The van der Waals surface area contributed by atoms with Gasteiger partial charge in [0, 0.05) is 43.5 Å². The lowest BCUT2D eigenvalue weighted by Crippen LogP contribution is -2.33. The fourth-order valence-electron chi connectivity index (χ4n) is 5.30. The number of benzene rings is 3. The quantitative estimate of drug-likeness (QED) is 0.0710. The van der Waals surface area contributed by atoms with Crippen LogP contribution in [0.15, 0.2) is 99.7 Å². The highest BCUT2D eigenvalue weighted by atomic mass is 32.2. The number of hydrogen-bond acceptors (Lipinski definition) is 7. The first-order valence-corrected chi connectivity index (χ1v) is 19.3.